The summed E-state index contributed by atoms with van der Waals surface area (Å²) in [6.07, 6.45) is 0.941. The second kappa shape index (κ2) is 4.89. The molecule has 0 saturated heterocycles. The van der Waals surface area contributed by atoms with Crippen LogP contribution in [0.25, 0.3) is 10.8 Å². The molecular weight excluding hydrogens is 266 g/mol. The van der Waals surface area contributed by atoms with E-state index in [1.807, 2.05) is 16.9 Å². The number of carbonyl (C=O) groups is 1. The van der Waals surface area contributed by atoms with E-state index in [0.717, 1.165) is 22.8 Å². The number of fused-ring (bicyclic) bond motifs is 1. The monoisotopic (exact) mass is 279 g/mol. The fourth-order valence-electron chi connectivity index (χ4n) is 1.72. The molecule has 0 fully saturated rings. The summed E-state index contributed by atoms with van der Waals surface area (Å²) in [5.74, 6) is 0.0843. The van der Waals surface area contributed by atoms with Gasteiger partial charge in [0.15, 0.2) is 0 Å². The molecule has 6 heteroatoms. The molecule has 5 nitrogen and oxygen atoms in total. The minimum absolute atomic E-state index is 0.295. The average Bonchev–Trinajstić information content (AvgIpc) is 2.35. The standard InChI is InChI=1S/C13H13NO4S/c1-18-12-6-5-9-7-11(4-3-10(9)8-12)13(15)14-19(2,16)17/h3-8H,1-2H3,(H,14,15). The zero-order valence-corrected chi connectivity index (χ0v) is 11.3. The van der Waals surface area contributed by atoms with Crippen LogP contribution in [0.2, 0.25) is 0 Å². The summed E-state index contributed by atoms with van der Waals surface area (Å²) in [5.41, 5.74) is 0.295. The molecule has 0 saturated carbocycles. The van der Waals surface area contributed by atoms with E-state index < -0.39 is 15.9 Å². The molecule has 0 heterocycles. The van der Waals surface area contributed by atoms with E-state index in [9.17, 15) is 13.2 Å². The highest BCUT2D eigenvalue weighted by molar-refractivity contribution is 7.89. The molecule has 0 aliphatic carbocycles. The molecule has 1 amide bonds. The first-order chi connectivity index (χ1) is 8.89. The molecule has 0 spiro atoms. The SMILES string of the molecule is COc1ccc2cc(C(=O)NS(C)(=O)=O)ccc2c1. The number of sulfonamides is 1. The molecule has 2 rings (SSSR count). The Hall–Kier alpha value is -2.08. The van der Waals surface area contributed by atoms with Gasteiger partial charge in [-0.15, -0.1) is 0 Å². The number of ether oxygens (including phenoxy) is 1. The van der Waals surface area contributed by atoms with E-state index in [0.29, 0.717) is 5.56 Å². The number of hydrogen-bond donors (Lipinski definition) is 1. The van der Waals surface area contributed by atoms with E-state index >= 15 is 0 Å². The van der Waals surface area contributed by atoms with Crippen LogP contribution in [0.15, 0.2) is 36.4 Å². The fourth-order valence-corrected chi connectivity index (χ4v) is 2.17. The van der Waals surface area contributed by atoms with Gasteiger partial charge in [-0.2, -0.15) is 0 Å². The van der Waals surface area contributed by atoms with Crippen molar-refractivity contribution < 1.29 is 17.9 Å². The number of benzene rings is 2. The first-order valence-electron chi connectivity index (χ1n) is 5.49. The zero-order valence-electron chi connectivity index (χ0n) is 10.5. The van der Waals surface area contributed by atoms with Crippen LogP contribution >= 0.6 is 0 Å². The van der Waals surface area contributed by atoms with Crippen molar-refractivity contribution in [3.8, 4) is 5.75 Å². The molecule has 0 aliphatic rings. The summed E-state index contributed by atoms with van der Waals surface area (Å²) >= 11 is 0. The Morgan fingerprint density at radius 3 is 2.37 bits per heavy atom. The summed E-state index contributed by atoms with van der Waals surface area (Å²) in [4.78, 5) is 11.7. The minimum Gasteiger partial charge on any atom is -0.497 e. The van der Waals surface area contributed by atoms with Gasteiger partial charge in [-0.3, -0.25) is 4.79 Å². The van der Waals surface area contributed by atoms with Gasteiger partial charge < -0.3 is 4.74 Å². The van der Waals surface area contributed by atoms with E-state index in [4.69, 9.17) is 4.74 Å². The highest BCUT2D eigenvalue weighted by Gasteiger charge is 2.11. The molecule has 0 atom stereocenters. The minimum atomic E-state index is -3.55. The highest BCUT2D eigenvalue weighted by atomic mass is 32.2. The van der Waals surface area contributed by atoms with Crippen LogP contribution in [-0.4, -0.2) is 27.7 Å². The second-order valence-electron chi connectivity index (χ2n) is 4.13. The molecule has 0 aliphatic heterocycles. The number of amides is 1. The maximum absolute atomic E-state index is 11.7. The van der Waals surface area contributed by atoms with E-state index in [1.165, 1.54) is 0 Å². The third-order valence-electron chi connectivity index (χ3n) is 2.59. The van der Waals surface area contributed by atoms with Crippen molar-refractivity contribution in [1.82, 2.24) is 4.72 Å². The van der Waals surface area contributed by atoms with Crippen LogP contribution in [0.5, 0.6) is 5.75 Å². The van der Waals surface area contributed by atoms with Crippen LogP contribution in [-0.2, 0) is 10.0 Å². The molecule has 2 aromatic rings. The number of rotatable bonds is 3. The Morgan fingerprint density at radius 2 is 1.74 bits per heavy atom. The predicted molar refractivity (Wildman–Crippen MR) is 72.8 cm³/mol. The smallest absolute Gasteiger partial charge is 0.264 e. The molecule has 0 radical (unpaired) electrons. The van der Waals surface area contributed by atoms with Crippen LogP contribution in [0, 0.1) is 0 Å². The first-order valence-corrected chi connectivity index (χ1v) is 7.38. The van der Waals surface area contributed by atoms with Crippen LogP contribution in [0.4, 0.5) is 0 Å². The Balaban J connectivity index is 2.39. The average molecular weight is 279 g/mol. The van der Waals surface area contributed by atoms with E-state index in [-0.39, 0.29) is 0 Å². The summed E-state index contributed by atoms with van der Waals surface area (Å²) in [6.45, 7) is 0. The number of carbonyl (C=O) groups excluding carboxylic acids is 1. The van der Waals surface area contributed by atoms with Crippen molar-refractivity contribution >= 4 is 26.7 Å². The van der Waals surface area contributed by atoms with Crippen LogP contribution in [0.3, 0.4) is 0 Å². The van der Waals surface area contributed by atoms with Gasteiger partial charge in [0.25, 0.3) is 5.91 Å². The maximum Gasteiger partial charge on any atom is 0.264 e. The van der Waals surface area contributed by atoms with Gasteiger partial charge in [0.2, 0.25) is 10.0 Å². The number of nitrogens with one attached hydrogen (secondary N) is 1. The van der Waals surface area contributed by atoms with E-state index in [1.54, 1.807) is 31.4 Å². The lowest BCUT2D eigenvalue weighted by atomic mass is 10.1. The lowest BCUT2D eigenvalue weighted by Crippen LogP contribution is -2.29. The van der Waals surface area contributed by atoms with Gasteiger partial charge in [-0.05, 0) is 35.0 Å². The van der Waals surface area contributed by atoms with Crippen molar-refractivity contribution in [2.45, 2.75) is 0 Å². The van der Waals surface area contributed by atoms with Crippen molar-refractivity contribution in [3.05, 3.63) is 42.0 Å². The largest absolute Gasteiger partial charge is 0.497 e. The Morgan fingerprint density at radius 1 is 1.11 bits per heavy atom. The van der Waals surface area contributed by atoms with Crippen LogP contribution in [0.1, 0.15) is 10.4 Å². The molecule has 0 unspecified atom stereocenters. The number of hydrogen-bond acceptors (Lipinski definition) is 4. The zero-order chi connectivity index (χ0) is 14.0. The van der Waals surface area contributed by atoms with Crippen LogP contribution < -0.4 is 9.46 Å². The predicted octanol–water partition coefficient (Wildman–Crippen LogP) is 1.54. The summed E-state index contributed by atoms with van der Waals surface area (Å²) < 4.78 is 29.1. The van der Waals surface area contributed by atoms with Gasteiger partial charge in [-0.25, -0.2) is 13.1 Å². The third-order valence-corrected chi connectivity index (χ3v) is 3.14. The molecule has 0 bridgehead atoms. The van der Waals surface area contributed by atoms with Gasteiger partial charge >= 0.3 is 0 Å². The van der Waals surface area contributed by atoms with E-state index in [2.05, 4.69) is 0 Å². The Labute approximate surface area is 111 Å². The van der Waals surface area contributed by atoms with Gasteiger partial charge in [0, 0.05) is 5.56 Å². The van der Waals surface area contributed by atoms with Crippen molar-refractivity contribution in [1.29, 1.82) is 0 Å². The normalized spacial score (nSPS) is 11.3. The Kier molecular flexibility index (Phi) is 3.44. The quantitative estimate of drug-likeness (QED) is 0.925. The van der Waals surface area contributed by atoms with Crippen molar-refractivity contribution in [2.24, 2.45) is 0 Å². The summed E-state index contributed by atoms with van der Waals surface area (Å²) in [5, 5.41) is 1.75. The second-order valence-corrected chi connectivity index (χ2v) is 5.88. The van der Waals surface area contributed by atoms with Gasteiger partial charge in [-0.1, -0.05) is 12.1 Å². The molecular formula is C13H13NO4S. The summed E-state index contributed by atoms with van der Waals surface area (Å²) in [6, 6.07) is 10.4. The lowest BCUT2D eigenvalue weighted by molar-refractivity contribution is 0.0982. The van der Waals surface area contributed by atoms with Gasteiger partial charge in [0.1, 0.15) is 5.75 Å². The third kappa shape index (κ3) is 3.23. The first kappa shape index (κ1) is 13.4. The Bertz CT molecular complexity index is 737. The molecule has 100 valence electrons. The fraction of sp³-hybridized carbons (Fsp3) is 0.154. The van der Waals surface area contributed by atoms with Crippen molar-refractivity contribution in [3.63, 3.8) is 0 Å². The molecule has 2 aromatic carbocycles. The topological polar surface area (TPSA) is 72.5 Å². The molecule has 0 aromatic heterocycles. The maximum atomic E-state index is 11.7. The van der Waals surface area contributed by atoms with Crippen molar-refractivity contribution in [2.75, 3.05) is 13.4 Å². The summed E-state index contributed by atoms with van der Waals surface area (Å²) in [7, 11) is -1.98. The molecule has 19 heavy (non-hydrogen) atoms. The lowest BCUT2D eigenvalue weighted by Gasteiger charge is -2.06. The number of methoxy groups -OCH3 is 1. The molecule has 1 N–H and O–H groups in total. The highest BCUT2D eigenvalue weighted by Crippen LogP contribution is 2.21. The van der Waals surface area contributed by atoms with Gasteiger partial charge in [0.05, 0.1) is 13.4 Å².